The normalized spacial score (nSPS) is 32.3. The summed E-state index contributed by atoms with van der Waals surface area (Å²) >= 11 is 1.84. The van der Waals surface area contributed by atoms with E-state index in [1.165, 1.54) is 31.5 Å². The quantitative estimate of drug-likeness (QED) is 0.905. The van der Waals surface area contributed by atoms with E-state index >= 15 is 0 Å². The van der Waals surface area contributed by atoms with Crippen LogP contribution in [-0.2, 0) is 0 Å². The highest BCUT2D eigenvalue weighted by Gasteiger charge is 2.41. The fourth-order valence-corrected chi connectivity index (χ4v) is 4.64. The average Bonchev–Trinajstić information content (AvgIpc) is 3.44. The monoisotopic (exact) mass is 303 g/mol. The molecule has 0 bridgehead atoms. The van der Waals surface area contributed by atoms with Gasteiger partial charge < -0.3 is 9.88 Å². The molecule has 3 aliphatic carbocycles. The summed E-state index contributed by atoms with van der Waals surface area (Å²) in [6.45, 7) is 0. The molecule has 1 N–H and O–H groups in total. The van der Waals surface area contributed by atoms with Crippen LogP contribution in [-0.4, -0.2) is 32.6 Å². The second-order valence-corrected chi connectivity index (χ2v) is 7.91. The summed E-state index contributed by atoms with van der Waals surface area (Å²) in [5.74, 6) is 1.88. The molecule has 0 aliphatic heterocycles. The molecule has 2 atom stereocenters. The Morgan fingerprint density at radius 3 is 2.67 bits per heavy atom. The van der Waals surface area contributed by atoms with Gasteiger partial charge in [0.1, 0.15) is 11.4 Å². The Bertz CT molecular complexity index is 583. The minimum Gasteiger partial charge on any atom is -0.303 e. The van der Waals surface area contributed by atoms with Gasteiger partial charge in [0.05, 0.1) is 6.07 Å². The van der Waals surface area contributed by atoms with Crippen LogP contribution in [0.2, 0.25) is 0 Å². The standard InChI is InChI=1S/C15H21N5S/c1-17-15(9-16)7-6-12(8-15)21-14-19-18-13(10-2-3-10)20(14)11-4-5-11/h10-12,17H,2-8H2,1H3. The van der Waals surface area contributed by atoms with Gasteiger partial charge >= 0.3 is 0 Å². The van der Waals surface area contributed by atoms with Crippen LogP contribution < -0.4 is 5.32 Å². The van der Waals surface area contributed by atoms with Crippen molar-refractivity contribution in [1.29, 1.82) is 5.26 Å². The molecule has 2 unspecified atom stereocenters. The Kier molecular flexibility index (Phi) is 3.23. The number of rotatable bonds is 5. The van der Waals surface area contributed by atoms with Crippen LogP contribution in [0, 0.1) is 11.3 Å². The number of hydrogen-bond acceptors (Lipinski definition) is 5. The van der Waals surface area contributed by atoms with Crippen LogP contribution in [0.25, 0.3) is 0 Å². The molecule has 21 heavy (non-hydrogen) atoms. The summed E-state index contributed by atoms with van der Waals surface area (Å²) in [6.07, 6.45) is 8.01. The predicted octanol–water partition coefficient (Wildman–Crippen LogP) is 2.62. The van der Waals surface area contributed by atoms with Crippen molar-refractivity contribution < 1.29 is 0 Å². The highest BCUT2D eigenvalue weighted by Crippen LogP contribution is 2.47. The highest BCUT2D eigenvalue weighted by atomic mass is 32.2. The molecule has 0 spiro atoms. The van der Waals surface area contributed by atoms with Crippen LogP contribution in [0.15, 0.2) is 5.16 Å². The van der Waals surface area contributed by atoms with E-state index < -0.39 is 0 Å². The van der Waals surface area contributed by atoms with Crippen molar-refractivity contribution in [2.75, 3.05) is 7.05 Å². The molecule has 112 valence electrons. The molecule has 1 aromatic heterocycles. The third-order valence-electron chi connectivity index (χ3n) is 4.98. The van der Waals surface area contributed by atoms with Gasteiger partial charge in [0.2, 0.25) is 0 Å². The van der Waals surface area contributed by atoms with Crippen LogP contribution >= 0.6 is 11.8 Å². The Balaban J connectivity index is 1.52. The molecule has 4 rings (SSSR count). The number of thioether (sulfide) groups is 1. The smallest absolute Gasteiger partial charge is 0.191 e. The molecule has 0 radical (unpaired) electrons. The largest absolute Gasteiger partial charge is 0.303 e. The van der Waals surface area contributed by atoms with E-state index in [1.807, 2.05) is 18.8 Å². The first-order valence-electron chi connectivity index (χ1n) is 7.96. The number of hydrogen-bond donors (Lipinski definition) is 1. The molecule has 0 amide bonds. The molecular formula is C15H21N5S. The molecule has 0 saturated heterocycles. The maximum Gasteiger partial charge on any atom is 0.191 e. The number of nitrogens with zero attached hydrogens (tertiary/aromatic N) is 4. The lowest BCUT2D eigenvalue weighted by molar-refractivity contribution is 0.464. The molecule has 0 aromatic carbocycles. The Morgan fingerprint density at radius 1 is 1.29 bits per heavy atom. The van der Waals surface area contributed by atoms with E-state index in [-0.39, 0.29) is 5.54 Å². The van der Waals surface area contributed by atoms with Crippen molar-refractivity contribution in [3.05, 3.63) is 5.82 Å². The molecule has 6 heteroatoms. The van der Waals surface area contributed by atoms with Crippen LogP contribution in [0.4, 0.5) is 0 Å². The van der Waals surface area contributed by atoms with Gasteiger partial charge in [-0.25, -0.2) is 0 Å². The van der Waals surface area contributed by atoms with Gasteiger partial charge in [0.25, 0.3) is 0 Å². The Morgan fingerprint density at radius 2 is 2.10 bits per heavy atom. The minimum atomic E-state index is -0.332. The summed E-state index contributed by atoms with van der Waals surface area (Å²) in [7, 11) is 1.90. The van der Waals surface area contributed by atoms with Gasteiger partial charge in [-0.05, 0) is 52.0 Å². The van der Waals surface area contributed by atoms with E-state index in [0.29, 0.717) is 17.2 Å². The maximum absolute atomic E-state index is 9.38. The van der Waals surface area contributed by atoms with Gasteiger partial charge in [-0.2, -0.15) is 5.26 Å². The van der Waals surface area contributed by atoms with Crippen LogP contribution in [0.1, 0.15) is 62.7 Å². The van der Waals surface area contributed by atoms with E-state index in [2.05, 4.69) is 26.2 Å². The van der Waals surface area contributed by atoms with Gasteiger partial charge in [0.15, 0.2) is 5.16 Å². The summed E-state index contributed by atoms with van der Waals surface area (Å²) < 4.78 is 2.41. The van der Waals surface area contributed by atoms with Crippen LogP contribution in [0.3, 0.4) is 0 Å². The summed E-state index contributed by atoms with van der Waals surface area (Å²) in [5, 5.41) is 23.1. The Hall–Kier alpha value is -1.06. The first kappa shape index (κ1) is 13.6. The molecule has 1 aromatic rings. The van der Waals surface area contributed by atoms with Gasteiger partial charge in [0, 0.05) is 17.2 Å². The fourth-order valence-electron chi connectivity index (χ4n) is 3.30. The zero-order valence-electron chi connectivity index (χ0n) is 12.4. The second kappa shape index (κ2) is 4.99. The SMILES string of the molecule is CNC1(C#N)CCC(Sc2nnc(C3CC3)n2C2CC2)C1. The number of aromatic nitrogens is 3. The molecule has 1 heterocycles. The van der Waals surface area contributed by atoms with E-state index in [4.69, 9.17) is 0 Å². The van der Waals surface area contributed by atoms with Crippen molar-refractivity contribution in [2.45, 2.75) is 72.9 Å². The van der Waals surface area contributed by atoms with Crippen molar-refractivity contribution in [2.24, 2.45) is 0 Å². The van der Waals surface area contributed by atoms with E-state index in [1.54, 1.807) is 0 Å². The first-order chi connectivity index (χ1) is 10.2. The topological polar surface area (TPSA) is 66.5 Å². The first-order valence-corrected chi connectivity index (χ1v) is 8.84. The lowest BCUT2D eigenvalue weighted by Gasteiger charge is -2.19. The molecular weight excluding hydrogens is 282 g/mol. The number of nitrogens with one attached hydrogen (secondary N) is 1. The van der Waals surface area contributed by atoms with Gasteiger partial charge in [-0.3, -0.25) is 0 Å². The van der Waals surface area contributed by atoms with Crippen molar-refractivity contribution in [3.8, 4) is 6.07 Å². The lowest BCUT2D eigenvalue weighted by Crippen LogP contribution is -2.38. The molecule has 3 saturated carbocycles. The third kappa shape index (κ3) is 2.47. The molecule has 3 fully saturated rings. The highest BCUT2D eigenvalue weighted by molar-refractivity contribution is 7.99. The molecule has 5 nitrogen and oxygen atoms in total. The zero-order valence-corrected chi connectivity index (χ0v) is 13.2. The fraction of sp³-hybridized carbons (Fsp3) is 0.800. The van der Waals surface area contributed by atoms with Crippen molar-refractivity contribution >= 4 is 11.8 Å². The van der Waals surface area contributed by atoms with E-state index in [9.17, 15) is 5.26 Å². The predicted molar refractivity (Wildman–Crippen MR) is 81.2 cm³/mol. The Labute approximate surface area is 129 Å². The van der Waals surface area contributed by atoms with Crippen molar-refractivity contribution in [1.82, 2.24) is 20.1 Å². The molecule has 3 aliphatic rings. The lowest BCUT2D eigenvalue weighted by atomic mass is 10.0. The minimum absolute atomic E-state index is 0.332. The van der Waals surface area contributed by atoms with Crippen molar-refractivity contribution in [3.63, 3.8) is 0 Å². The zero-order chi connectivity index (χ0) is 14.4. The second-order valence-electron chi connectivity index (χ2n) is 6.64. The van der Waals surface area contributed by atoms with Gasteiger partial charge in [-0.1, -0.05) is 11.8 Å². The van der Waals surface area contributed by atoms with Crippen LogP contribution in [0.5, 0.6) is 0 Å². The third-order valence-corrected chi connectivity index (χ3v) is 6.20. The number of nitriles is 1. The van der Waals surface area contributed by atoms with Gasteiger partial charge in [-0.15, -0.1) is 10.2 Å². The average molecular weight is 303 g/mol. The summed E-state index contributed by atoms with van der Waals surface area (Å²) in [4.78, 5) is 0. The summed E-state index contributed by atoms with van der Waals surface area (Å²) in [6, 6.07) is 3.10. The summed E-state index contributed by atoms with van der Waals surface area (Å²) in [5.41, 5.74) is -0.332. The maximum atomic E-state index is 9.38. The van der Waals surface area contributed by atoms with E-state index in [0.717, 1.165) is 24.4 Å².